The van der Waals surface area contributed by atoms with Gasteiger partial charge in [0.2, 0.25) is 0 Å². The monoisotopic (exact) mass is 317 g/mol. The molecule has 4 nitrogen and oxygen atoms in total. The van der Waals surface area contributed by atoms with Crippen LogP contribution in [0.3, 0.4) is 0 Å². The Morgan fingerprint density at radius 3 is 2.35 bits per heavy atom. The van der Waals surface area contributed by atoms with Gasteiger partial charge < -0.3 is 15.2 Å². The van der Waals surface area contributed by atoms with Crippen molar-refractivity contribution < 1.29 is 14.7 Å². The Morgan fingerprint density at radius 1 is 1.13 bits per heavy atom. The van der Waals surface area contributed by atoms with Crippen LogP contribution in [0.25, 0.3) is 0 Å². The highest BCUT2D eigenvalue weighted by atomic mass is 16.4. The lowest BCUT2D eigenvalue weighted by Gasteiger charge is -2.27. The van der Waals surface area contributed by atoms with Gasteiger partial charge in [0.15, 0.2) is 0 Å². The van der Waals surface area contributed by atoms with Crippen molar-refractivity contribution in [3.63, 3.8) is 0 Å². The van der Waals surface area contributed by atoms with E-state index in [2.05, 4.69) is 5.32 Å². The minimum absolute atomic E-state index is 0.210. The van der Waals surface area contributed by atoms with E-state index in [-0.39, 0.29) is 11.8 Å². The zero-order valence-electron chi connectivity index (χ0n) is 13.7. The van der Waals surface area contributed by atoms with Crippen molar-refractivity contribution in [1.29, 1.82) is 0 Å². The van der Waals surface area contributed by atoms with Gasteiger partial charge in [-0.3, -0.25) is 4.79 Å². The van der Waals surface area contributed by atoms with Crippen molar-refractivity contribution in [1.82, 2.24) is 0 Å². The van der Waals surface area contributed by atoms with E-state index in [1.165, 1.54) is 12.8 Å². The number of hydrogen-bond acceptors (Lipinski definition) is 3. The summed E-state index contributed by atoms with van der Waals surface area (Å²) in [6, 6.07) is 8.10. The molecule has 1 aromatic rings. The van der Waals surface area contributed by atoms with Crippen molar-refractivity contribution >= 4 is 17.9 Å². The fraction of sp³-hybridized carbons (Fsp3) is 0.579. The number of benzene rings is 1. The normalized spacial score (nSPS) is 17.2. The van der Waals surface area contributed by atoms with Crippen LogP contribution in [-0.4, -0.2) is 23.9 Å². The minimum atomic E-state index is -0.745. The number of aldehydes is 1. The SMILES string of the molecule is O=CC1(CNc2ccc(CCCC(=O)O)cc2)CCCCCC1. The van der Waals surface area contributed by atoms with Gasteiger partial charge in [-0.2, -0.15) is 0 Å². The zero-order chi connectivity index (χ0) is 16.5. The van der Waals surface area contributed by atoms with E-state index < -0.39 is 5.97 Å². The molecule has 0 aromatic heterocycles. The first-order valence-electron chi connectivity index (χ1n) is 8.64. The highest BCUT2D eigenvalue weighted by Crippen LogP contribution is 2.33. The van der Waals surface area contributed by atoms with Gasteiger partial charge in [-0.1, -0.05) is 37.8 Å². The van der Waals surface area contributed by atoms with Crippen LogP contribution >= 0.6 is 0 Å². The second-order valence-corrected chi connectivity index (χ2v) is 6.69. The van der Waals surface area contributed by atoms with E-state index in [4.69, 9.17) is 5.11 Å². The van der Waals surface area contributed by atoms with Crippen LogP contribution in [0.2, 0.25) is 0 Å². The molecular weight excluding hydrogens is 290 g/mol. The number of aryl methyl sites for hydroxylation is 1. The Bertz CT molecular complexity index is 502. The Morgan fingerprint density at radius 2 is 1.78 bits per heavy atom. The maximum Gasteiger partial charge on any atom is 0.303 e. The summed E-state index contributed by atoms with van der Waals surface area (Å²) in [5.41, 5.74) is 1.96. The number of hydrogen-bond donors (Lipinski definition) is 2. The first-order chi connectivity index (χ1) is 11.1. The highest BCUT2D eigenvalue weighted by Gasteiger charge is 2.30. The molecule has 0 spiro atoms. The topological polar surface area (TPSA) is 66.4 Å². The molecule has 4 heteroatoms. The molecule has 1 aromatic carbocycles. The summed E-state index contributed by atoms with van der Waals surface area (Å²) in [4.78, 5) is 22.1. The fourth-order valence-electron chi connectivity index (χ4n) is 3.28. The maximum absolute atomic E-state index is 11.6. The second kappa shape index (κ2) is 8.70. The summed E-state index contributed by atoms with van der Waals surface area (Å²) in [6.45, 7) is 0.703. The Balaban J connectivity index is 1.85. The van der Waals surface area contributed by atoms with Crippen LogP contribution < -0.4 is 5.32 Å². The van der Waals surface area contributed by atoms with E-state index in [9.17, 15) is 9.59 Å². The third kappa shape index (κ3) is 5.70. The van der Waals surface area contributed by atoms with Gasteiger partial charge in [-0.15, -0.1) is 0 Å². The molecule has 0 aliphatic heterocycles. The molecule has 2 rings (SSSR count). The summed E-state index contributed by atoms with van der Waals surface area (Å²) in [7, 11) is 0. The van der Waals surface area contributed by atoms with E-state index in [0.29, 0.717) is 13.0 Å². The Kier molecular flexibility index (Phi) is 6.63. The largest absolute Gasteiger partial charge is 0.481 e. The summed E-state index contributed by atoms with van der Waals surface area (Å²) < 4.78 is 0. The van der Waals surface area contributed by atoms with Gasteiger partial charge in [-0.05, 0) is 43.4 Å². The van der Waals surface area contributed by atoms with Crippen molar-refractivity contribution in [3.05, 3.63) is 29.8 Å². The minimum Gasteiger partial charge on any atom is -0.481 e. The van der Waals surface area contributed by atoms with Crippen LogP contribution in [0.15, 0.2) is 24.3 Å². The molecule has 0 radical (unpaired) electrons. The quantitative estimate of drug-likeness (QED) is 0.561. The van der Waals surface area contributed by atoms with Crippen molar-refractivity contribution in [2.75, 3.05) is 11.9 Å². The smallest absolute Gasteiger partial charge is 0.303 e. The van der Waals surface area contributed by atoms with Crippen molar-refractivity contribution in [2.45, 2.75) is 57.8 Å². The molecular formula is C19H27NO3. The molecule has 1 fully saturated rings. The number of carbonyl (C=O) groups excluding carboxylic acids is 1. The van der Waals surface area contributed by atoms with Crippen LogP contribution in [0, 0.1) is 5.41 Å². The second-order valence-electron chi connectivity index (χ2n) is 6.69. The number of carboxylic acids is 1. The van der Waals surface area contributed by atoms with Gasteiger partial charge in [-0.25, -0.2) is 0 Å². The molecule has 0 amide bonds. The van der Waals surface area contributed by atoms with Crippen LogP contribution in [-0.2, 0) is 16.0 Å². The van der Waals surface area contributed by atoms with Gasteiger partial charge in [0.05, 0.1) is 0 Å². The summed E-state index contributed by atoms with van der Waals surface area (Å²) in [5, 5.41) is 12.1. The van der Waals surface area contributed by atoms with Gasteiger partial charge in [0.1, 0.15) is 6.29 Å². The molecule has 2 N–H and O–H groups in total. The van der Waals surface area contributed by atoms with Crippen LogP contribution in [0.5, 0.6) is 0 Å². The molecule has 0 heterocycles. The number of nitrogens with one attached hydrogen (secondary N) is 1. The lowest BCUT2D eigenvalue weighted by molar-refractivity contribution is -0.137. The standard InChI is InChI=1S/C19H27NO3/c21-15-19(12-3-1-2-4-13-19)14-20-17-10-8-16(9-11-17)6-5-7-18(22)23/h8-11,15,20H,1-7,12-14H2,(H,22,23). The number of carbonyl (C=O) groups is 2. The Hall–Kier alpha value is -1.84. The zero-order valence-corrected chi connectivity index (χ0v) is 13.7. The predicted octanol–water partition coefficient (Wildman–Crippen LogP) is 4.05. The van der Waals surface area contributed by atoms with Crippen molar-refractivity contribution in [3.8, 4) is 0 Å². The first-order valence-corrected chi connectivity index (χ1v) is 8.64. The number of carboxylic acid groups (broad SMARTS) is 1. The highest BCUT2D eigenvalue weighted by molar-refractivity contribution is 5.66. The van der Waals surface area contributed by atoms with Gasteiger partial charge in [0.25, 0.3) is 0 Å². The van der Waals surface area contributed by atoms with E-state index >= 15 is 0 Å². The maximum atomic E-state index is 11.6. The molecule has 1 aliphatic rings. The molecule has 0 bridgehead atoms. The summed E-state index contributed by atoms with van der Waals surface area (Å²) in [6.07, 6.45) is 9.54. The first kappa shape index (κ1) is 17.5. The predicted molar refractivity (Wildman–Crippen MR) is 91.7 cm³/mol. The molecule has 0 atom stereocenters. The lowest BCUT2D eigenvalue weighted by Crippen LogP contribution is -2.31. The average Bonchev–Trinajstić information content (AvgIpc) is 2.80. The molecule has 23 heavy (non-hydrogen) atoms. The number of anilines is 1. The summed E-state index contributed by atoms with van der Waals surface area (Å²) >= 11 is 0. The lowest BCUT2D eigenvalue weighted by atomic mass is 9.82. The van der Waals surface area contributed by atoms with Crippen molar-refractivity contribution in [2.24, 2.45) is 5.41 Å². The third-order valence-electron chi connectivity index (χ3n) is 4.80. The molecule has 126 valence electrons. The Labute approximate surface area is 138 Å². The average molecular weight is 317 g/mol. The van der Waals surface area contributed by atoms with E-state index in [1.54, 1.807) is 0 Å². The molecule has 0 unspecified atom stereocenters. The van der Waals surface area contributed by atoms with Gasteiger partial charge >= 0.3 is 5.97 Å². The van der Waals surface area contributed by atoms with Gasteiger partial charge in [0, 0.05) is 24.1 Å². The molecule has 1 aliphatic carbocycles. The van der Waals surface area contributed by atoms with Crippen LogP contribution in [0.4, 0.5) is 5.69 Å². The van der Waals surface area contributed by atoms with Crippen LogP contribution in [0.1, 0.15) is 56.9 Å². The molecule has 1 saturated carbocycles. The van der Waals surface area contributed by atoms with E-state index in [0.717, 1.165) is 49.6 Å². The fourth-order valence-corrected chi connectivity index (χ4v) is 3.28. The number of aliphatic carboxylic acids is 1. The number of rotatable bonds is 8. The third-order valence-corrected chi connectivity index (χ3v) is 4.80. The molecule has 0 saturated heterocycles. The van der Waals surface area contributed by atoms with E-state index in [1.807, 2.05) is 24.3 Å². The summed E-state index contributed by atoms with van der Waals surface area (Å²) in [5.74, 6) is -0.745.